The Bertz CT molecular complexity index is 1420. The second-order valence-electron chi connectivity index (χ2n) is 7.99. The fourth-order valence-electron chi connectivity index (χ4n) is 4.45. The van der Waals surface area contributed by atoms with Crippen molar-refractivity contribution in [2.24, 2.45) is 5.73 Å². The molecule has 5 heterocycles. The van der Waals surface area contributed by atoms with Gasteiger partial charge in [0.2, 0.25) is 0 Å². The molecule has 0 spiro atoms. The van der Waals surface area contributed by atoms with Gasteiger partial charge in [-0.25, -0.2) is 14.3 Å². The first kappa shape index (κ1) is 22.2. The Kier molecular flexibility index (Phi) is 5.66. The number of likely N-dealkylation sites (N-methyl/N-ethyl adjacent to an activating group) is 1. The summed E-state index contributed by atoms with van der Waals surface area (Å²) in [6.45, 7) is 1.46. The van der Waals surface area contributed by atoms with Crippen LogP contribution in [0.2, 0.25) is 0 Å². The van der Waals surface area contributed by atoms with E-state index < -0.39 is 6.04 Å². The first-order valence-electron chi connectivity index (χ1n) is 10.8. The molecule has 3 amide bonds. The number of nitrogens with two attached hydrogens (primary N) is 1. The molecule has 34 heavy (non-hydrogen) atoms. The van der Waals surface area contributed by atoms with E-state index in [2.05, 4.69) is 37.8 Å². The molecule has 0 aliphatic carbocycles. The van der Waals surface area contributed by atoms with Gasteiger partial charge in [-0.05, 0) is 35.1 Å². The van der Waals surface area contributed by atoms with E-state index in [1.54, 1.807) is 15.6 Å². The molecule has 1 aromatic carbocycles. The molecule has 174 valence electrons. The van der Waals surface area contributed by atoms with Crippen LogP contribution in [0.15, 0.2) is 53.4 Å². The largest absolute Gasteiger partial charge is 0.351 e. The number of rotatable bonds is 2. The summed E-state index contributed by atoms with van der Waals surface area (Å²) in [4.78, 5) is 39.1. The van der Waals surface area contributed by atoms with Gasteiger partial charge in [0.15, 0.2) is 5.65 Å². The number of piperazine rings is 1. The second-order valence-corrected chi connectivity index (χ2v) is 8.84. The summed E-state index contributed by atoms with van der Waals surface area (Å²) < 4.78 is 2.50. The lowest BCUT2D eigenvalue weighted by Crippen LogP contribution is -2.53. The molecule has 0 bridgehead atoms. The first-order chi connectivity index (χ1) is 16.5. The molecule has 0 radical (unpaired) electrons. The van der Waals surface area contributed by atoms with Crippen LogP contribution in [0.1, 0.15) is 0 Å². The van der Waals surface area contributed by atoms with E-state index in [0.717, 1.165) is 32.3 Å². The molecule has 3 aromatic heterocycles. The van der Waals surface area contributed by atoms with E-state index in [1.165, 1.54) is 19.0 Å². The molecule has 2 fully saturated rings. The number of nitrogens with zero attached hydrogens (tertiary/aromatic N) is 7. The van der Waals surface area contributed by atoms with Crippen LogP contribution in [0, 0.1) is 0 Å². The number of imide groups is 1. The molecular weight excluding hydrogens is 500 g/mol. The number of carbonyl (C=O) groups is 2. The SMILES string of the molecule is CN.CN1C(=O)C2CN(c3nc4c(-c5cnc6ccccc6c5)cnn4cc3Br)CCN2C1=O. The Morgan fingerprint density at radius 3 is 2.74 bits per heavy atom. The number of hydrogen-bond acceptors (Lipinski definition) is 7. The van der Waals surface area contributed by atoms with E-state index in [1.807, 2.05) is 41.6 Å². The fraction of sp³-hybridized carbons (Fsp3) is 0.261. The van der Waals surface area contributed by atoms with Crippen LogP contribution in [0.4, 0.5) is 10.6 Å². The minimum absolute atomic E-state index is 0.177. The molecule has 1 unspecified atom stereocenters. The Labute approximate surface area is 204 Å². The van der Waals surface area contributed by atoms with Crippen LogP contribution >= 0.6 is 15.9 Å². The van der Waals surface area contributed by atoms with Gasteiger partial charge in [0.25, 0.3) is 5.91 Å². The number of halogens is 1. The number of benzene rings is 1. The number of anilines is 1. The van der Waals surface area contributed by atoms with Crippen molar-refractivity contribution in [3.05, 3.63) is 53.4 Å². The third kappa shape index (κ3) is 3.48. The highest BCUT2D eigenvalue weighted by Crippen LogP contribution is 2.32. The Balaban J connectivity index is 0.00000117. The molecule has 2 N–H and O–H groups in total. The summed E-state index contributed by atoms with van der Waals surface area (Å²) >= 11 is 3.61. The first-order valence-corrected chi connectivity index (χ1v) is 11.6. The zero-order chi connectivity index (χ0) is 24.0. The van der Waals surface area contributed by atoms with Gasteiger partial charge < -0.3 is 15.5 Å². The Morgan fingerprint density at radius 1 is 1.12 bits per heavy atom. The number of fused-ring (bicyclic) bond motifs is 3. The molecule has 4 aromatic rings. The van der Waals surface area contributed by atoms with E-state index in [-0.39, 0.29) is 11.9 Å². The topological polar surface area (TPSA) is 113 Å². The van der Waals surface area contributed by atoms with E-state index >= 15 is 0 Å². The number of amides is 3. The third-order valence-electron chi connectivity index (χ3n) is 6.16. The van der Waals surface area contributed by atoms with Gasteiger partial charge in [-0.15, -0.1) is 0 Å². The van der Waals surface area contributed by atoms with Crippen molar-refractivity contribution in [1.82, 2.24) is 29.4 Å². The van der Waals surface area contributed by atoms with E-state index in [9.17, 15) is 9.59 Å². The zero-order valence-corrected chi connectivity index (χ0v) is 20.3. The van der Waals surface area contributed by atoms with Gasteiger partial charge >= 0.3 is 6.03 Å². The van der Waals surface area contributed by atoms with Crippen molar-refractivity contribution in [2.45, 2.75) is 6.04 Å². The van der Waals surface area contributed by atoms with Crippen LogP contribution in [-0.4, -0.2) is 81.1 Å². The number of carbonyl (C=O) groups excluding carboxylic acids is 2. The molecule has 11 heteroatoms. The summed E-state index contributed by atoms with van der Waals surface area (Å²) in [7, 11) is 3.03. The van der Waals surface area contributed by atoms with Gasteiger partial charge in [0.1, 0.15) is 11.9 Å². The number of pyridine rings is 1. The number of para-hydroxylation sites is 1. The lowest BCUT2D eigenvalue weighted by molar-refractivity contribution is -0.127. The highest BCUT2D eigenvalue weighted by Gasteiger charge is 2.46. The predicted octanol–water partition coefficient (Wildman–Crippen LogP) is 2.36. The summed E-state index contributed by atoms with van der Waals surface area (Å²) in [6.07, 6.45) is 5.49. The number of aromatic nitrogens is 4. The van der Waals surface area contributed by atoms with Crippen LogP contribution < -0.4 is 10.6 Å². The zero-order valence-electron chi connectivity index (χ0n) is 18.7. The normalized spacial score (nSPS) is 17.9. The molecule has 2 saturated heterocycles. The third-order valence-corrected chi connectivity index (χ3v) is 6.72. The van der Waals surface area contributed by atoms with Gasteiger partial charge in [-0.1, -0.05) is 18.2 Å². The molecule has 10 nitrogen and oxygen atoms in total. The van der Waals surface area contributed by atoms with Gasteiger partial charge in [0, 0.05) is 55.6 Å². The maximum Gasteiger partial charge on any atom is 0.327 e. The summed E-state index contributed by atoms with van der Waals surface area (Å²) in [5.41, 5.74) is 7.95. The lowest BCUT2D eigenvalue weighted by Gasteiger charge is -2.36. The molecule has 0 saturated carbocycles. The summed E-state index contributed by atoms with van der Waals surface area (Å²) in [6, 6.07) is 9.33. The minimum Gasteiger partial charge on any atom is -0.351 e. The molecular formula is C23H23BrN8O2. The Morgan fingerprint density at radius 2 is 1.91 bits per heavy atom. The van der Waals surface area contributed by atoms with Crippen molar-refractivity contribution >= 4 is 50.2 Å². The Hall–Kier alpha value is -3.57. The van der Waals surface area contributed by atoms with E-state index in [4.69, 9.17) is 4.98 Å². The molecule has 1 atom stereocenters. The average Bonchev–Trinajstić information content (AvgIpc) is 3.38. The lowest BCUT2D eigenvalue weighted by atomic mass is 10.1. The van der Waals surface area contributed by atoms with Crippen LogP contribution in [0.5, 0.6) is 0 Å². The maximum absolute atomic E-state index is 12.5. The van der Waals surface area contributed by atoms with Crippen molar-refractivity contribution in [1.29, 1.82) is 0 Å². The summed E-state index contributed by atoms with van der Waals surface area (Å²) in [5, 5.41) is 5.52. The quantitative estimate of drug-likeness (QED) is 0.402. The molecule has 2 aliphatic heterocycles. The van der Waals surface area contributed by atoms with Gasteiger partial charge in [-0.3, -0.25) is 14.7 Å². The highest BCUT2D eigenvalue weighted by atomic mass is 79.9. The maximum atomic E-state index is 12.5. The monoisotopic (exact) mass is 522 g/mol. The average molecular weight is 523 g/mol. The molecule has 2 aliphatic rings. The minimum atomic E-state index is -0.486. The molecule has 6 rings (SSSR count). The van der Waals surface area contributed by atoms with Crippen molar-refractivity contribution in [3.63, 3.8) is 0 Å². The van der Waals surface area contributed by atoms with E-state index in [0.29, 0.717) is 25.3 Å². The standard InChI is InChI=1S/C22H18BrN7O2.CH5N/c1-27-21(31)18-12-28(6-7-29(18)22(27)32)20-16(23)11-30-19(26-20)15(10-25-30)14-8-13-4-2-3-5-17(13)24-9-14;1-2/h2-5,8-11,18H,6-7,12H2,1H3;2H2,1H3. The van der Waals surface area contributed by atoms with Crippen molar-refractivity contribution < 1.29 is 9.59 Å². The van der Waals surface area contributed by atoms with Crippen LogP contribution in [-0.2, 0) is 4.79 Å². The van der Waals surface area contributed by atoms with Crippen LogP contribution in [0.25, 0.3) is 27.7 Å². The summed E-state index contributed by atoms with van der Waals surface area (Å²) in [5.74, 6) is 0.548. The van der Waals surface area contributed by atoms with Crippen molar-refractivity contribution in [3.8, 4) is 11.1 Å². The number of hydrogen-bond donors (Lipinski definition) is 1. The van der Waals surface area contributed by atoms with Crippen molar-refractivity contribution in [2.75, 3.05) is 38.6 Å². The smallest absolute Gasteiger partial charge is 0.327 e. The fourth-order valence-corrected chi connectivity index (χ4v) is 4.98. The number of urea groups is 1. The second kappa shape index (κ2) is 8.65. The highest BCUT2D eigenvalue weighted by molar-refractivity contribution is 9.10. The van der Waals surface area contributed by atoms with Crippen LogP contribution in [0.3, 0.4) is 0 Å². The van der Waals surface area contributed by atoms with Gasteiger partial charge in [-0.2, -0.15) is 5.10 Å². The van der Waals surface area contributed by atoms with Gasteiger partial charge in [0.05, 0.1) is 16.2 Å². The predicted molar refractivity (Wildman–Crippen MR) is 132 cm³/mol.